The number of nitrogens with zero attached hydrogens (tertiary/aromatic N) is 2. The van der Waals surface area contributed by atoms with Gasteiger partial charge in [-0.15, -0.1) is 24.0 Å². The van der Waals surface area contributed by atoms with Crippen LogP contribution < -0.4 is 10.6 Å². The number of hydrogen-bond acceptors (Lipinski definition) is 2. The van der Waals surface area contributed by atoms with Gasteiger partial charge >= 0.3 is 0 Å². The fraction of sp³-hybridized carbons (Fsp3) is 0.444. The van der Waals surface area contributed by atoms with Gasteiger partial charge in [0.05, 0.1) is 5.52 Å². The first-order valence-corrected chi connectivity index (χ1v) is 8.15. The molecule has 23 heavy (non-hydrogen) atoms. The molecule has 2 unspecified atom stereocenters. The first-order chi connectivity index (χ1) is 10.8. The van der Waals surface area contributed by atoms with Gasteiger partial charge in [-0.25, -0.2) is 0 Å². The molecule has 0 spiro atoms. The highest BCUT2D eigenvalue weighted by Crippen LogP contribution is 2.28. The monoisotopic (exact) mass is 424 g/mol. The second kappa shape index (κ2) is 8.47. The molecule has 2 N–H and O–H groups in total. The molecule has 124 valence electrons. The second-order valence-corrected chi connectivity index (χ2v) is 5.97. The van der Waals surface area contributed by atoms with Crippen molar-refractivity contribution in [1.29, 1.82) is 0 Å². The molecule has 1 aliphatic rings. The Hall–Kier alpha value is -1.37. The van der Waals surface area contributed by atoms with Gasteiger partial charge in [0.1, 0.15) is 0 Å². The summed E-state index contributed by atoms with van der Waals surface area (Å²) >= 11 is 0. The predicted octanol–water partition coefficient (Wildman–Crippen LogP) is 3.36. The summed E-state index contributed by atoms with van der Waals surface area (Å²) in [5.74, 6) is 1.70. The lowest BCUT2D eigenvalue weighted by atomic mass is 10.1. The zero-order valence-corrected chi connectivity index (χ0v) is 16.1. The van der Waals surface area contributed by atoms with Crippen LogP contribution in [-0.2, 0) is 6.42 Å². The van der Waals surface area contributed by atoms with Gasteiger partial charge in [-0.05, 0) is 37.3 Å². The minimum atomic E-state index is 0. The van der Waals surface area contributed by atoms with Crippen molar-refractivity contribution in [1.82, 2.24) is 15.6 Å². The van der Waals surface area contributed by atoms with E-state index in [2.05, 4.69) is 53.7 Å². The summed E-state index contributed by atoms with van der Waals surface area (Å²) in [6.45, 7) is 6.03. The van der Waals surface area contributed by atoms with Crippen molar-refractivity contribution in [3.8, 4) is 0 Å². The van der Waals surface area contributed by atoms with E-state index < -0.39 is 0 Å². The van der Waals surface area contributed by atoms with Gasteiger partial charge in [-0.1, -0.05) is 31.2 Å². The fourth-order valence-corrected chi connectivity index (χ4v) is 2.68. The fourth-order valence-electron chi connectivity index (χ4n) is 2.68. The summed E-state index contributed by atoms with van der Waals surface area (Å²) < 4.78 is 0. The third-order valence-corrected chi connectivity index (χ3v) is 4.14. The molecule has 4 nitrogen and oxygen atoms in total. The number of nitrogens with one attached hydrogen (secondary N) is 2. The van der Waals surface area contributed by atoms with Crippen LogP contribution in [0, 0.1) is 5.92 Å². The Labute approximate surface area is 155 Å². The normalized spacial score (nSPS) is 20.0. The Kier molecular flexibility index (Phi) is 6.62. The van der Waals surface area contributed by atoms with Crippen LogP contribution in [-0.4, -0.2) is 30.1 Å². The number of pyridine rings is 1. The molecule has 1 saturated carbocycles. The molecule has 1 aromatic carbocycles. The molecule has 2 aromatic rings. The summed E-state index contributed by atoms with van der Waals surface area (Å²) in [6.07, 6.45) is 4.01. The highest BCUT2D eigenvalue weighted by Gasteiger charge is 2.33. The lowest BCUT2D eigenvalue weighted by Gasteiger charge is -2.11. The van der Waals surface area contributed by atoms with Gasteiger partial charge < -0.3 is 10.6 Å². The number of para-hydroxylation sites is 1. The van der Waals surface area contributed by atoms with E-state index in [1.807, 2.05) is 12.3 Å². The van der Waals surface area contributed by atoms with E-state index in [-0.39, 0.29) is 24.0 Å². The van der Waals surface area contributed by atoms with Crippen LogP contribution in [0.4, 0.5) is 0 Å². The average molecular weight is 424 g/mol. The average Bonchev–Trinajstić information content (AvgIpc) is 3.22. The molecule has 1 aliphatic carbocycles. The molecule has 0 aliphatic heterocycles. The molecule has 2 atom stereocenters. The molecular formula is C18H25IN4. The van der Waals surface area contributed by atoms with E-state index in [0.29, 0.717) is 6.04 Å². The first-order valence-electron chi connectivity index (χ1n) is 8.15. The Balaban J connectivity index is 0.00000192. The number of guanidine groups is 1. The van der Waals surface area contributed by atoms with Crippen molar-refractivity contribution in [3.63, 3.8) is 0 Å². The van der Waals surface area contributed by atoms with E-state index in [1.165, 1.54) is 17.4 Å². The number of aliphatic imine (C=N–C) groups is 1. The number of benzene rings is 1. The van der Waals surface area contributed by atoms with Crippen LogP contribution in [0.15, 0.2) is 41.5 Å². The highest BCUT2D eigenvalue weighted by molar-refractivity contribution is 14.0. The number of fused-ring (bicyclic) bond motifs is 1. The highest BCUT2D eigenvalue weighted by atomic mass is 127. The lowest BCUT2D eigenvalue weighted by Crippen LogP contribution is -2.39. The molecule has 0 saturated heterocycles. The van der Waals surface area contributed by atoms with Crippen LogP contribution in [0.25, 0.3) is 10.9 Å². The molecule has 0 radical (unpaired) electrons. The van der Waals surface area contributed by atoms with Crippen molar-refractivity contribution in [2.24, 2.45) is 10.9 Å². The zero-order chi connectivity index (χ0) is 15.4. The summed E-state index contributed by atoms with van der Waals surface area (Å²) in [5.41, 5.74) is 2.35. The minimum absolute atomic E-state index is 0. The van der Waals surface area contributed by atoms with Crippen LogP contribution in [0.2, 0.25) is 0 Å². The number of hydrogen-bond donors (Lipinski definition) is 2. The van der Waals surface area contributed by atoms with Gasteiger partial charge in [0, 0.05) is 30.7 Å². The molecule has 0 amide bonds. The molecule has 1 heterocycles. The maximum Gasteiger partial charge on any atom is 0.191 e. The van der Waals surface area contributed by atoms with Gasteiger partial charge in [-0.3, -0.25) is 9.98 Å². The largest absolute Gasteiger partial charge is 0.357 e. The van der Waals surface area contributed by atoms with E-state index in [9.17, 15) is 0 Å². The van der Waals surface area contributed by atoms with Crippen molar-refractivity contribution < 1.29 is 0 Å². The SMILES string of the molecule is CCNC(=NCCc1cccc2cccnc12)NC1CC1C.I. The summed E-state index contributed by atoms with van der Waals surface area (Å²) in [7, 11) is 0. The standard InChI is InChI=1S/C18H24N4.HI/c1-3-19-18(22-16-12-13(16)2)21-11-9-15-7-4-6-14-8-5-10-20-17(14)15;/h4-8,10,13,16H,3,9,11-12H2,1-2H3,(H2,19,21,22);1H. The van der Waals surface area contributed by atoms with Crippen LogP contribution in [0.5, 0.6) is 0 Å². The van der Waals surface area contributed by atoms with Gasteiger partial charge in [0.15, 0.2) is 5.96 Å². The lowest BCUT2D eigenvalue weighted by molar-refractivity contribution is 0.765. The van der Waals surface area contributed by atoms with E-state index >= 15 is 0 Å². The van der Waals surface area contributed by atoms with Crippen molar-refractivity contribution in [2.75, 3.05) is 13.1 Å². The van der Waals surface area contributed by atoms with Crippen LogP contribution >= 0.6 is 24.0 Å². The summed E-state index contributed by atoms with van der Waals surface area (Å²) in [6, 6.07) is 11.0. The van der Waals surface area contributed by atoms with Crippen molar-refractivity contribution >= 4 is 40.8 Å². The topological polar surface area (TPSA) is 49.3 Å². The Morgan fingerprint density at radius 3 is 2.83 bits per heavy atom. The van der Waals surface area contributed by atoms with Gasteiger partial charge in [0.25, 0.3) is 0 Å². The summed E-state index contributed by atoms with van der Waals surface area (Å²) in [5, 5.41) is 8.00. The van der Waals surface area contributed by atoms with E-state index in [4.69, 9.17) is 4.99 Å². The molecule has 1 aromatic heterocycles. The Morgan fingerprint density at radius 2 is 2.09 bits per heavy atom. The van der Waals surface area contributed by atoms with Crippen molar-refractivity contribution in [3.05, 3.63) is 42.1 Å². The van der Waals surface area contributed by atoms with Gasteiger partial charge in [-0.2, -0.15) is 0 Å². The first kappa shape index (κ1) is 18.0. The van der Waals surface area contributed by atoms with Crippen LogP contribution in [0.3, 0.4) is 0 Å². The maximum absolute atomic E-state index is 4.70. The van der Waals surface area contributed by atoms with Crippen molar-refractivity contribution in [2.45, 2.75) is 32.7 Å². The molecule has 1 fully saturated rings. The molecular weight excluding hydrogens is 399 g/mol. The number of halogens is 1. The smallest absolute Gasteiger partial charge is 0.191 e. The molecule has 3 rings (SSSR count). The quantitative estimate of drug-likeness (QED) is 0.440. The number of rotatable bonds is 5. The predicted molar refractivity (Wildman–Crippen MR) is 108 cm³/mol. The van der Waals surface area contributed by atoms with Crippen LogP contribution in [0.1, 0.15) is 25.8 Å². The van der Waals surface area contributed by atoms with E-state index in [0.717, 1.165) is 36.9 Å². The second-order valence-electron chi connectivity index (χ2n) is 5.97. The minimum Gasteiger partial charge on any atom is -0.357 e. The number of aromatic nitrogens is 1. The Bertz CT molecular complexity index is 666. The third kappa shape index (κ3) is 4.80. The Morgan fingerprint density at radius 1 is 1.30 bits per heavy atom. The van der Waals surface area contributed by atoms with E-state index in [1.54, 1.807) is 0 Å². The molecule has 0 bridgehead atoms. The zero-order valence-electron chi connectivity index (χ0n) is 13.7. The maximum atomic E-state index is 4.70. The van der Waals surface area contributed by atoms with Gasteiger partial charge in [0.2, 0.25) is 0 Å². The molecule has 5 heteroatoms. The summed E-state index contributed by atoms with van der Waals surface area (Å²) in [4.78, 5) is 9.20. The third-order valence-electron chi connectivity index (χ3n) is 4.14.